The summed E-state index contributed by atoms with van der Waals surface area (Å²) < 4.78 is 15.7. The van der Waals surface area contributed by atoms with Gasteiger partial charge in [-0.1, -0.05) is 109 Å². The first kappa shape index (κ1) is 31.2. The lowest BCUT2D eigenvalue weighted by atomic mass is 9.78. The molecule has 41 heavy (non-hydrogen) atoms. The van der Waals surface area contributed by atoms with E-state index in [1.165, 1.54) is 33.4 Å². The first-order valence-electron chi connectivity index (χ1n) is 14.5. The van der Waals surface area contributed by atoms with E-state index in [2.05, 4.69) is 114 Å². The van der Waals surface area contributed by atoms with E-state index in [-0.39, 0.29) is 29.2 Å². The fraction of sp³-hybridized carbons (Fsp3) is 0.333. The lowest BCUT2D eigenvalue weighted by molar-refractivity contribution is 0.473. The third kappa shape index (κ3) is 7.75. The van der Waals surface area contributed by atoms with Gasteiger partial charge in [-0.25, -0.2) is 8.93 Å². The summed E-state index contributed by atoms with van der Waals surface area (Å²) in [5.41, 5.74) is 14.5. The Morgan fingerprint density at radius 1 is 0.659 bits per heavy atom. The molecule has 2 aliphatic carbocycles. The van der Waals surface area contributed by atoms with Gasteiger partial charge in [-0.15, -0.1) is 12.4 Å². The summed E-state index contributed by atoms with van der Waals surface area (Å²) in [6.07, 6.45) is 4.22. The van der Waals surface area contributed by atoms with Gasteiger partial charge < -0.3 is 5.73 Å². The predicted molar refractivity (Wildman–Crippen MR) is 176 cm³/mol. The van der Waals surface area contributed by atoms with Crippen molar-refractivity contribution in [3.05, 3.63) is 143 Å². The van der Waals surface area contributed by atoms with Crippen molar-refractivity contribution in [2.45, 2.75) is 75.1 Å². The van der Waals surface area contributed by atoms with Crippen LogP contribution in [0.1, 0.15) is 90.9 Å². The van der Waals surface area contributed by atoms with Crippen LogP contribution in [-0.4, -0.2) is 8.96 Å². The van der Waals surface area contributed by atoms with Gasteiger partial charge in [-0.05, 0) is 91.7 Å². The van der Waals surface area contributed by atoms with Crippen LogP contribution in [0.2, 0.25) is 0 Å². The molecule has 0 radical (unpaired) electrons. The molecule has 3 nitrogen and oxygen atoms in total. The van der Waals surface area contributed by atoms with Crippen LogP contribution in [0.25, 0.3) is 0 Å². The minimum Gasteiger partial charge on any atom is -0.324 e. The van der Waals surface area contributed by atoms with Crippen LogP contribution in [-0.2, 0) is 23.8 Å². The SMILES string of the molecule is CC(C)(C)[S@@](=O)N[C@@H]1C[C@H](c2ccccc2)Cc2ccccc21.Cl.N[C@@H]1C[C@H](c2ccccc2)Cc2ccccc21. The summed E-state index contributed by atoms with van der Waals surface area (Å²) in [6, 6.07) is 38.9. The Balaban J connectivity index is 0.000000192. The van der Waals surface area contributed by atoms with Crippen LogP contribution in [0, 0.1) is 0 Å². The van der Waals surface area contributed by atoms with Gasteiger partial charge in [0.2, 0.25) is 0 Å². The number of rotatable bonds is 4. The van der Waals surface area contributed by atoms with Gasteiger partial charge in [0, 0.05) is 12.1 Å². The first-order chi connectivity index (χ1) is 19.3. The number of fused-ring (bicyclic) bond motifs is 2. The fourth-order valence-corrected chi connectivity index (χ4v) is 6.90. The minimum absolute atomic E-state index is 0. The standard InChI is InChI=1S/C20H25NOS.C16H17N.ClH/c1-20(2,3)23(22)21-19-14-17(15-9-5-4-6-10-15)13-16-11-7-8-12-18(16)19;17-16-11-14(12-6-2-1-3-7-12)10-13-8-4-5-9-15(13)16;/h4-12,17,19,21H,13-14H2,1-3H3;1-9,14,16H,10-11,17H2;1H/t17-,19-,23-;14-,16-;/m11./s1. The Bertz CT molecular complexity index is 1420. The highest BCUT2D eigenvalue weighted by atomic mass is 35.5. The Morgan fingerprint density at radius 3 is 1.63 bits per heavy atom. The lowest BCUT2D eigenvalue weighted by Gasteiger charge is -2.33. The van der Waals surface area contributed by atoms with Gasteiger partial charge in [-0.2, -0.15) is 0 Å². The maximum absolute atomic E-state index is 12.6. The summed E-state index contributed by atoms with van der Waals surface area (Å²) in [5, 5.41) is 0. The van der Waals surface area contributed by atoms with Gasteiger partial charge in [0.25, 0.3) is 0 Å². The third-order valence-corrected chi connectivity index (χ3v) is 9.83. The minimum atomic E-state index is -1.06. The van der Waals surface area contributed by atoms with Gasteiger partial charge in [0.05, 0.1) is 15.7 Å². The molecule has 0 bridgehead atoms. The van der Waals surface area contributed by atoms with Gasteiger partial charge in [0.1, 0.15) is 0 Å². The average molecular weight is 587 g/mol. The molecule has 5 atom stereocenters. The van der Waals surface area contributed by atoms with Crippen molar-refractivity contribution in [2.75, 3.05) is 0 Å². The summed E-state index contributed by atoms with van der Waals surface area (Å²) in [7, 11) is -1.06. The monoisotopic (exact) mass is 586 g/mol. The second-order valence-electron chi connectivity index (χ2n) is 12.2. The highest BCUT2D eigenvalue weighted by molar-refractivity contribution is 7.84. The largest absolute Gasteiger partial charge is 0.324 e. The molecule has 3 N–H and O–H groups in total. The molecular formula is C36H43ClN2OS. The van der Waals surface area contributed by atoms with E-state index >= 15 is 0 Å². The van der Waals surface area contributed by atoms with Gasteiger partial charge in [0.15, 0.2) is 0 Å². The number of nitrogens with two attached hydrogens (primary N) is 1. The number of hydrogen-bond donors (Lipinski definition) is 2. The molecule has 0 fully saturated rings. The molecule has 4 aromatic carbocycles. The van der Waals surface area contributed by atoms with Crippen molar-refractivity contribution in [1.82, 2.24) is 4.72 Å². The van der Waals surface area contributed by atoms with E-state index in [1.807, 2.05) is 20.8 Å². The number of hydrogen-bond acceptors (Lipinski definition) is 2. The summed E-state index contributed by atoms with van der Waals surface area (Å²) in [5.74, 6) is 1.04. The molecular weight excluding hydrogens is 544 g/mol. The molecule has 0 saturated heterocycles. The zero-order valence-electron chi connectivity index (χ0n) is 24.3. The van der Waals surface area contributed by atoms with E-state index in [4.69, 9.17) is 5.73 Å². The molecule has 216 valence electrons. The average Bonchev–Trinajstić information content (AvgIpc) is 2.98. The van der Waals surface area contributed by atoms with Gasteiger partial charge in [-0.3, -0.25) is 0 Å². The van der Waals surface area contributed by atoms with Crippen LogP contribution in [0.3, 0.4) is 0 Å². The zero-order valence-corrected chi connectivity index (χ0v) is 26.0. The van der Waals surface area contributed by atoms with Crippen molar-refractivity contribution in [3.63, 3.8) is 0 Å². The van der Waals surface area contributed by atoms with Crippen LogP contribution >= 0.6 is 12.4 Å². The van der Waals surface area contributed by atoms with E-state index < -0.39 is 11.0 Å². The Kier molecular flexibility index (Phi) is 10.6. The Morgan fingerprint density at radius 2 is 1.10 bits per heavy atom. The molecule has 0 saturated carbocycles. The quantitative estimate of drug-likeness (QED) is 0.252. The Hall–Kier alpha value is -2.76. The van der Waals surface area contributed by atoms with Crippen molar-refractivity contribution >= 4 is 23.4 Å². The lowest BCUT2D eigenvalue weighted by Crippen LogP contribution is -2.38. The number of halogens is 1. The van der Waals surface area contributed by atoms with E-state index in [0.717, 1.165) is 25.7 Å². The van der Waals surface area contributed by atoms with Gasteiger partial charge >= 0.3 is 0 Å². The molecule has 6 rings (SSSR count). The predicted octanol–water partition coefficient (Wildman–Crippen LogP) is 8.35. The second-order valence-corrected chi connectivity index (χ2v) is 14.1. The van der Waals surface area contributed by atoms with Crippen molar-refractivity contribution in [3.8, 4) is 0 Å². The zero-order chi connectivity index (χ0) is 28.1. The smallest absolute Gasteiger partial charge is 0.0975 e. The Labute approximate surface area is 255 Å². The van der Waals surface area contributed by atoms with Crippen LogP contribution < -0.4 is 10.5 Å². The van der Waals surface area contributed by atoms with Crippen molar-refractivity contribution in [1.29, 1.82) is 0 Å². The van der Waals surface area contributed by atoms with E-state index in [1.54, 1.807) is 0 Å². The molecule has 0 unspecified atom stereocenters. The summed E-state index contributed by atoms with van der Waals surface area (Å²) in [4.78, 5) is 0. The molecule has 4 aromatic rings. The summed E-state index contributed by atoms with van der Waals surface area (Å²) >= 11 is 0. The molecule has 0 amide bonds. The molecule has 0 heterocycles. The first-order valence-corrected chi connectivity index (χ1v) is 15.6. The molecule has 5 heteroatoms. The fourth-order valence-electron chi connectivity index (χ4n) is 6.06. The van der Waals surface area contributed by atoms with E-state index in [0.29, 0.717) is 11.8 Å². The number of nitrogens with one attached hydrogen (secondary N) is 1. The van der Waals surface area contributed by atoms with Crippen molar-refractivity contribution < 1.29 is 4.21 Å². The maximum Gasteiger partial charge on any atom is 0.0975 e. The summed E-state index contributed by atoms with van der Waals surface area (Å²) in [6.45, 7) is 6.04. The second kappa shape index (κ2) is 13.9. The van der Waals surface area contributed by atoms with Crippen LogP contribution in [0.4, 0.5) is 0 Å². The maximum atomic E-state index is 12.6. The van der Waals surface area contributed by atoms with E-state index in [9.17, 15) is 4.21 Å². The molecule has 0 aromatic heterocycles. The normalized spacial score (nSPS) is 22.1. The van der Waals surface area contributed by atoms with Crippen LogP contribution in [0.5, 0.6) is 0 Å². The molecule has 2 aliphatic rings. The number of benzene rings is 4. The highest BCUT2D eigenvalue weighted by Crippen LogP contribution is 2.39. The highest BCUT2D eigenvalue weighted by Gasteiger charge is 2.31. The van der Waals surface area contributed by atoms with Crippen molar-refractivity contribution in [2.24, 2.45) is 5.73 Å². The van der Waals surface area contributed by atoms with Crippen LogP contribution in [0.15, 0.2) is 109 Å². The third-order valence-electron chi connectivity index (χ3n) is 8.22. The molecule has 0 spiro atoms. The topological polar surface area (TPSA) is 55.1 Å². The molecule has 0 aliphatic heterocycles.